The highest BCUT2D eigenvalue weighted by Crippen LogP contribution is 2.55. The Morgan fingerprint density at radius 1 is 0.947 bits per heavy atom. The molecule has 0 radical (unpaired) electrons. The summed E-state index contributed by atoms with van der Waals surface area (Å²) in [6, 6.07) is 7.00. The van der Waals surface area contributed by atoms with Crippen LogP contribution in [0.1, 0.15) is 46.3 Å². The fourth-order valence-electron chi connectivity index (χ4n) is 6.01. The van der Waals surface area contributed by atoms with E-state index in [2.05, 4.69) is 5.32 Å². The minimum Gasteiger partial charge on any atom is -0.507 e. The number of phenols is 2. The van der Waals surface area contributed by atoms with E-state index in [4.69, 9.17) is 24.1 Å². The minimum absolute atomic E-state index is 0.0278. The molecule has 0 unspecified atom stereocenters. The SMILES string of the molecule is COc1cc([C@H]2COc3cc4c5c(c3[C@H]2O)CCc2c(OC)cc(O)c(c2-5)CN4)cc(OCCCO)c1O. The number of nitrogens with one attached hydrogen (secondary N) is 1. The van der Waals surface area contributed by atoms with Crippen LogP contribution < -0.4 is 24.3 Å². The van der Waals surface area contributed by atoms with Crippen molar-refractivity contribution >= 4 is 5.69 Å². The first kappa shape index (κ1) is 24.5. The van der Waals surface area contributed by atoms with Crippen molar-refractivity contribution in [1.29, 1.82) is 0 Å². The number of aromatic hydroxyl groups is 2. The van der Waals surface area contributed by atoms with Gasteiger partial charge in [-0.15, -0.1) is 0 Å². The molecule has 0 saturated heterocycles. The zero-order valence-corrected chi connectivity index (χ0v) is 21.3. The Morgan fingerprint density at radius 3 is 2.47 bits per heavy atom. The Kier molecular flexibility index (Phi) is 6.12. The number of rotatable bonds is 7. The molecule has 0 saturated carbocycles. The van der Waals surface area contributed by atoms with E-state index in [0.29, 0.717) is 42.9 Å². The number of anilines is 1. The predicted octanol–water partition coefficient (Wildman–Crippen LogP) is 3.78. The van der Waals surface area contributed by atoms with Crippen molar-refractivity contribution in [3.8, 4) is 45.6 Å². The molecule has 1 aliphatic carbocycles. The van der Waals surface area contributed by atoms with Gasteiger partial charge in [0.15, 0.2) is 11.5 Å². The highest BCUT2D eigenvalue weighted by Gasteiger charge is 2.39. The highest BCUT2D eigenvalue weighted by molar-refractivity contribution is 5.93. The van der Waals surface area contributed by atoms with Crippen LogP contribution in [0, 0.1) is 0 Å². The van der Waals surface area contributed by atoms with E-state index in [1.165, 1.54) is 7.11 Å². The van der Waals surface area contributed by atoms with Gasteiger partial charge in [-0.2, -0.15) is 0 Å². The number of fused-ring (bicyclic) bond motifs is 2. The molecule has 3 aromatic rings. The van der Waals surface area contributed by atoms with Crippen molar-refractivity contribution in [2.75, 3.05) is 39.4 Å². The summed E-state index contributed by atoms with van der Waals surface area (Å²) in [6.45, 7) is 0.915. The molecule has 0 aromatic heterocycles. The lowest BCUT2D eigenvalue weighted by molar-refractivity contribution is 0.0878. The van der Waals surface area contributed by atoms with Crippen LogP contribution in [-0.2, 0) is 19.4 Å². The van der Waals surface area contributed by atoms with Crippen molar-refractivity contribution in [2.24, 2.45) is 0 Å². The van der Waals surface area contributed by atoms with Crippen LogP contribution in [-0.4, -0.2) is 54.5 Å². The van der Waals surface area contributed by atoms with Crippen LogP contribution in [0.3, 0.4) is 0 Å². The first-order chi connectivity index (χ1) is 18.5. The van der Waals surface area contributed by atoms with Gasteiger partial charge in [-0.1, -0.05) is 0 Å². The maximum absolute atomic E-state index is 11.8. The molecule has 9 heteroatoms. The molecule has 3 aromatic carbocycles. The van der Waals surface area contributed by atoms with Crippen LogP contribution in [0.4, 0.5) is 5.69 Å². The van der Waals surface area contributed by atoms with E-state index >= 15 is 0 Å². The van der Waals surface area contributed by atoms with E-state index < -0.39 is 12.0 Å². The summed E-state index contributed by atoms with van der Waals surface area (Å²) in [4.78, 5) is 0. The molecule has 0 spiro atoms. The first-order valence-corrected chi connectivity index (χ1v) is 12.8. The number of methoxy groups -OCH3 is 2. The Bertz CT molecular complexity index is 1420. The second kappa shape index (κ2) is 9.49. The summed E-state index contributed by atoms with van der Waals surface area (Å²) >= 11 is 0. The average Bonchev–Trinajstić information content (AvgIpc) is 2.93. The fourth-order valence-corrected chi connectivity index (χ4v) is 6.01. The van der Waals surface area contributed by atoms with Gasteiger partial charge >= 0.3 is 0 Å². The number of phenolic OH excluding ortho intramolecular Hbond substituents is 2. The molecule has 0 fully saturated rings. The summed E-state index contributed by atoms with van der Waals surface area (Å²) in [5, 5.41) is 45.6. The van der Waals surface area contributed by atoms with Gasteiger partial charge in [-0.05, 0) is 41.7 Å². The number of aliphatic hydroxyl groups is 2. The zero-order valence-electron chi connectivity index (χ0n) is 21.3. The number of ether oxygens (including phenoxy) is 4. The smallest absolute Gasteiger partial charge is 0.200 e. The molecule has 2 aliphatic heterocycles. The summed E-state index contributed by atoms with van der Waals surface area (Å²) < 4.78 is 22.9. The normalized spacial score (nSPS) is 18.5. The van der Waals surface area contributed by atoms with E-state index in [1.54, 1.807) is 25.3 Å². The van der Waals surface area contributed by atoms with Crippen molar-refractivity contribution in [2.45, 2.75) is 37.8 Å². The van der Waals surface area contributed by atoms with Crippen molar-refractivity contribution < 1.29 is 39.4 Å². The monoisotopic (exact) mass is 521 g/mol. The molecule has 6 rings (SSSR count). The Labute approximate surface area is 220 Å². The molecule has 9 nitrogen and oxygen atoms in total. The summed E-state index contributed by atoms with van der Waals surface area (Å²) in [6.07, 6.45) is 0.926. The molecular weight excluding hydrogens is 490 g/mol. The van der Waals surface area contributed by atoms with E-state index in [-0.39, 0.29) is 42.8 Å². The average molecular weight is 522 g/mol. The van der Waals surface area contributed by atoms with Gasteiger partial charge in [0.05, 0.1) is 33.5 Å². The van der Waals surface area contributed by atoms with Gasteiger partial charge in [0.1, 0.15) is 17.2 Å². The summed E-state index contributed by atoms with van der Waals surface area (Å²) in [5.74, 6) is 1.37. The standard InChI is InChI=1S/C29H31NO8/c1-35-21-11-20(32)17-12-30-19-10-22-27(16-5-4-15(21)25(17)26(16)19)28(33)18(13-38-22)14-8-23(36-2)29(34)24(9-14)37-7-3-6-31/h8-11,18,28,30-34H,3-7,12-13H2,1-2H3/t18-,28+/m1/s1. The second-order valence-corrected chi connectivity index (χ2v) is 9.83. The van der Waals surface area contributed by atoms with Crippen LogP contribution >= 0.6 is 0 Å². The van der Waals surface area contributed by atoms with Gasteiger partial charge in [0.2, 0.25) is 5.75 Å². The predicted molar refractivity (Wildman–Crippen MR) is 140 cm³/mol. The third kappa shape index (κ3) is 3.68. The van der Waals surface area contributed by atoms with Crippen LogP contribution in [0.2, 0.25) is 0 Å². The molecular formula is C29H31NO8. The number of aliphatic hydroxyl groups excluding tert-OH is 2. The Hall–Kier alpha value is -3.82. The van der Waals surface area contributed by atoms with Gasteiger partial charge in [-0.3, -0.25) is 0 Å². The topological polar surface area (TPSA) is 130 Å². The fraction of sp³-hybridized carbons (Fsp3) is 0.379. The van der Waals surface area contributed by atoms with Gasteiger partial charge in [-0.25, -0.2) is 0 Å². The molecule has 5 N–H and O–H groups in total. The van der Waals surface area contributed by atoms with Crippen molar-refractivity contribution in [3.05, 3.63) is 52.1 Å². The van der Waals surface area contributed by atoms with E-state index in [1.807, 2.05) is 6.07 Å². The van der Waals surface area contributed by atoms with E-state index in [9.17, 15) is 15.3 Å². The zero-order chi connectivity index (χ0) is 26.6. The lowest BCUT2D eigenvalue weighted by atomic mass is 9.74. The van der Waals surface area contributed by atoms with Crippen molar-refractivity contribution in [3.63, 3.8) is 0 Å². The van der Waals surface area contributed by atoms with Gasteiger partial charge in [0, 0.05) is 65.6 Å². The van der Waals surface area contributed by atoms with E-state index in [0.717, 1.165) is 39.1 Å². The van der Waals surface area contributed by atoms with Crippen LogP contribution in [0.15, 0.2) is 24.3 Å². The number of benzene rings is 3. The van der Waals surface area contributed by atoms with Crippen molar-refractivity contribution in [1.82, 2.24) is 0 Å². The minimum atomic E-state index is -0.885. The summed E-state index contributed by atoms with van der Waals surface area (Å²) in [7, 11) is 3.07. The molecule has 2 atom stereocenters. The number of hydrogen-bond acceptors (Lipinski definition) is 9. The lowest BCUT2D eigenvalue weighted by Crippen LogP contribution is -2.28. The maximum Gasteiger partial charge on any atom is 0.200 e. The summed E-state index contributed by atoms with van der Waals surface area (Å²) in [5.41, 5.74) is 7.18. The van der Waals surface area contributed by atoms with Gasteiger partial charge in [0.25, 0.3) is 0 Å². The molecule has 38 heavy (non-hydrogen) atoms. The molecule has 2 heterocycles. The van der Waals surface area contributed by atoms with Gasteiger partial charge < -0.3 is 44.7 Å². The highest BCUT2D eigenvalue weighted by atomic mass is 16.5. The maximum atomic E-state index is 11.8. The third-order valence-electron chi connectivity index (χ3n) is 7.83. The van der Waals surface area contributed by atoms with Crippen LogP contribution in [0.25, 0.3) is 11.1 Å². The molecule has 0 amide bonds. The molecule has 0 bridgehead atoms. The molecule has 200 valence electrons. The Balaban J connectivity index is 1.45. The largest absolute Gasteiger partial charge is 0.507 e. The van der Waals surface area contributed by atoms with Crippen LogP contribution in [0.5, 0.6) is 34.5 Å². The second-order valence-electron chi connectivity index (χ2n) is 9.83. The number of hydrogen-bond donors (Lipinski definition) is 5. The Morgan fingerprint density at radius 2 is 1.71 bits per heavy atom. The molecule has 3 aliphatic rings. The lowest BCUT2D eigenvalue weighted by Gasteiger charge is -2.38. The third-order valence-corrected chi connectivity index (χ3v) is 7.83. The quantitative estimate of drug-likeness (QED) is 0.295. The first-order valence-electron chi connectivity index (χ1n) is 12.8.